The quantitative estimate of drug-likeness (QED) is 0.412. The number of hydrogen-bond acceptors (Lipinski definition) is 4. The van der Waals surface area contributed by atoms with Crippen LogP contribution in [0.4, 0.5) is 0 Å². The molecule has 0 bridgehead atoms. The predicted molar refractivity (Wildman–Crippen MR) is 127 cm³/mol. The molecular weight excluding hydrogens is 414 g/mol. The van der Waals surface area contributed by atoms with E-state index in [1.54, 1.807) is 6.07 Å². The van der Waals surface area contributed by atoms with Crippen LogP contribution in [-0.2, 0) is 17.8 Å². The number of rotatable bonds is 8. The fourth-order valence-electron chi connectivity index (χ4n) is 3.66. The molecule has 1 unspecified atom stereocenters. The van der Waals surface area contributed by atoms with Crippen molar-refractivity contribution >= 4 is 28.9 Å². The molecule has 1 atom stereocenters. The van der Waals surface area contributed by atoms with Gasteiger partial charge in [-0.05, 0) is 40.5 Å². The van der Waals surface area contributed by atoms with Crippen LogP contribution in [0.15, 0.2) is 91.1 Å². The third-order valence-electron chi connectivity index (χ3n) is 5.35. The van der Waals surface area contributed by atoms with Crippen LogP contribution in [0.25, 0.3) is 10.8 Å². The highest BCUT2D eigenvalue weighted by molar-refractivity contribution is 5.99. The zero-order chi connectivity index (χ0) is 23.0. The highest BCUT2D eigenvalue weighted by Crippen LogP contribution is 2.18. The van der Waals surface area contributed by atoms with E-state index < -0.39 is 11.9 Å². The van der Waals surface area contributed by atoms with Crippen LogP contribution >= 0.6 is 0 Å². The first-order chi connectivity index (χ1) is 16.1. The van der Waals surface area contributed by atoms with Crippen molar-refractivity contribution in [1.82, 2.24) is 15.6 Å². The van der Waals surface area contributed by atoms with Gasteiger partial charge in [-0.15, -0.1) is 0 Å². The average molecular weight is 437 g/mol. The molecule has 33 heavy (non-hydrogen) atoms. The minimum Gasteiger partial charge on any atom is -0.348 e. The molecule has 6 nitrogen and oxygen atoms in total. The fourth-order valence-corrected chi connectivity index (χ4v) is 3.66. The molecule has 4 aromatic rings. The van der Waals surface area contributed by atoms with Gasteiger partial charge in [0.15, 0.2) is 0 Å². The maximum atomic E-state index is 12.7. The summed E-state index contributed by atoms with van der Waals surface area (Å²) in [4.78, 5) is 40.9. The number of aldehydes is 1. The number of nitrogens with zero attached hydrogens (tertiary/aromatic N) is 1. The van der Waals surface area contributed by atoms with Crippen LogP contribution in [-0.4, -0.2) is 29.1 Å². The molecule has 0 fully saturated rings. The number of pyridine rings is 1. The van der Waals surface area contributed by atoms with Gasteiger partial charge >= 0.3 is 0 Å². The Morgan fingerprint density at radius 2 is 1.64 bits per heavy atom. The van der Waals surface area contributed by atoms with Crippen LogP contribution in [0.2, 0.25) is 0 Å². The minimum absolute atomic E-state index is 0.0766. The van der Waals surface area contributed by atoms with E-state index >= 15 is 0 Å². The molecule has 0 saturated carbocycles. The summed E-state index contributed by atoms with van der Waals surface area (Å²) in [5.41, 5.74) is 2.33. The molecule has 0 spiro atoms. The van der Waals surface area contributed by atoms with Crippen LogP contribution < -0.4 is 10.6 Å². The molecule has 0 radical (unpaired) electrons. The van der Waals surface area contributed by atoms with Crippen molar-refractivity contribution < 1.29 is 14.4 Å². The van der Waals surface area contributed by atoms with Crippen molar-refractivity contribution in [1.29, 1.82) is 0 Å². The second-order valence-corrected chi connectivity index (χ2v) is 7.66. The lowest BCUT2D eigenvalue weighted by Gasteiger charge is -2.13. The Morgan fingerprint density at radius 1 is 0.879 bits per heavy atom. The molecule has 0 aliphatic heterocycles. The van der Waals surface area contributed by atoms with E-state index in [0.717, 1.165) is 21.9 Å². The number of benzene rings is 3. The van der Waals surface area contributed by atoms with Gasteiger partial charge in [0.1, 0.15) is 12.0 Å². The van der Waals surface area contributed by atoms with Crippen LogP contribution in [0.3, 0.4) is 0 Å². The Labute approximate surface area is 191 Å². The first-order valence-electron chi connectivity index (χ1n) is 10.6. The summed E-state index contributed by atoms with van der Waals surface area (Å²) in [6.45, 7) is 0.355. The van der Waals surface area contributed by atoms with Gasteiger partial charge in [-0.2, -0.15) is 0 Å². The second-order valence-electron chi connectivity index (χ2n) is 7.66. The van der Waals surface area contributed by atoms with Gasteiger partial charge in [0.05, 0.1) is 6.04 Å². The largest absolute Gasteiger partial charge is 0.348 e. The number of nitrogens with one attached hydrogen (secondary N) is 2. The van der Waals surface area contributed by atoms with Crippen LogP contribution in [0.5, 0.6) is 0 Å². The maximum Gasteiger partial charge on any atom is 0.270 e. The molecule has 1 heterocycles. The molecule has 0 saturated heterocycles. The van der Waals surface area contributed by atoms with Gasteiger partial charge in [0.25, 0.3) is 11.8 Å². The van der Waals surface area contributed by atoms with Gasteiger partial charge in [-0.1, -0.05) is 72.8 Å². The average Bonchev–Trinajstić information content (AvgIpc) is 2.87. The maximum absolute atomic E-state index is 12.7. The standard InChI is InChI=1S/C27H23N3O3/c31-18-23(15-19-7-2-1-3-8-19)30-27(33)25-16-21(13-14-28-25)26(32)29-17-22-11-6-10-20-9-4-5-12-24(20)22/h1-14,16,18,23H,15,17H2,(H,29,32)(H,30,33). The first kappa shape index (κ1) is 21.9. The number of amides is 2. The topological polar surface area (TPSA) is 88.2 Å². The lowest BCUT2D eigenvalue weighted by Crippen LogP contribution is -2.38. The Kier molecular flexibility index (Phi) is 6.85. The van der Waals surface area contributed by atoms with Crippen molar-refractivity contribution in [3.63, 3.8) is 0 Å². The van der Waals surface area contributed by atoms with E-state index in [-0.39, 0.29) is 11.6 Å². The Hall–Kier alpha value is -4.32. The van der Waals surface area contributed by atoms with Gasteiger partial charge in [-0.3, -0.25) is 14.6 Å². The smallest absolute Gasteiger partial charge is 0.270 e. The highest BCUT2D eigenvalue weighted by Gasteiger charge is 2.16. The number of carbonyl (C=O) groups is 3. The Morgan fingerprint density at radius 3 is 2.45 bits per heavy atom. The molecule has 2 N–H and O–H groups in total. The fraction of sp³-hybridized carbons (Fsp3) is 0.111. The summed E-state index contributed by atoms with van der Waals surface area (Å²) in [6, 6.07) is 25.7. The summed E-state index contributed by atoms with van der Waals surface area (Å²) in [5.74, 6) is -0.817. The van der Waals surface area contributed by atoms with E-state index in [1.807, 2.05) is 72.8 Å². The third-order valence-corrected chi connectivity index (χ3v) is 5.35. The molecular formula is C27H23N3O3. The van der Waals surface area contributed by atoms with Gasteiger partial charge in [-0.25, -0.2) is 0 Å². The van der Waals surface area contributed by atoms with Gasteiger partial charge < -0.3 is 15.4 Å². The molecule has 164 valence electrons. The monoisotopic (exact) mass is 437 g/mol. The Balaban J connectivity index is 1.41. The normalized spacial score (nSPS) is 11.5. The third kappa shape index (κ3) is 5.49. The summed E-state index contributed by atoms with van der Waals surface area (Å²) < 4.78 is 0. The summed E-state index contributed by atoms with van der Waals surface area (Å²) >= 11 is 0. The number of hydrogen-bond donors (Lipinski definition) is 2. The van der Waals surface area contributed by atoms with Crippen molar-refractivity contribution in [3.05, 3.63) is 114 Å². The molecule has 3 aromatic carbocycles. The lowest BCUT2D eigenvalue weighted by atomic mass is 10.0. The molecule has 1 aromatic heterocycles. The molecule has 2 amide bonds. The predicted octanol–water partition coefficient (Wildman–Crippen LogP) is 3.70. The second kappa shape index (κ2) is 10.3. The van der Waals surface area contributed by atoms with E-state index in [2.05, 4.69) is 15.6 Å². The lowest BCUT2D eigenvalue weighted by molar-refractivity contribution is -0.109. The van der Waals surface area contributed by atoms with Crippen LogP contribution in [0, 0.1) is 0 Å². The van der Waals surface area contributed by atoms with E-state index in [9.17, 15) is 14.4 Å². The summed E-state index contributed by atoms with van der Waals surface area (Å²) in [6.07, 6.45) is 2.49. The first-order valence-corrected chi connectivity index (χ1v) is 10.6. The van der Waals surface area contributed by atoms with E-state index in [4.69, 9.17) is 0 Å². The van der Waals surface area contributed by atoms with Crippen molar-refractivity contribution in [2.24, 2.45) is 0 Å². The van der Waals surface area contributed by atoms with Crippen molar-refractivity contribution in [2.75, 3.05) is 0 Å². The molecule has 4 rings (SSSR count). The van der Waals surface area contributed by atoms with E-state index in [0.29, 0.717) is 24.8 Å². The van der Waals surface area contributed by atoms with Crippen molar-refractivity contribution in [3.8, 4) is 0 Å². The van der Waals surface area contributed by atoms with Gasteiger partial charge in [0, 0.05) is 18.3 Å². The summed E-state index contributed by atoms with van der Waals surface area (Å²) in [5, 5.41) is 7.76. The number of aromatic nitrogens is 1. The molecule has 0 aliphatic rings. The summed E-state index contributed by atoms with van der Waals surface area (Å²) in [7, 11) is 0. The zero-order valence-electron chi connectivity index (χ0n) is 17.9. The van der Waals surface area contributed by atoms with Crippen LogP contribution in [0.1, 0.15) is 32.0 Å². The molecule has 6 heteroatoms. The number of fused-ring (bicyclic) bond motifs is 1. The number of carbonyl (C=O) groups excluding carboxylic acids is 3. The Bertz CT molecular complexity index is 1280. The van der Waals surface area contributed by atoms with E-state index in [1.165, 1.54) is 12.3 Å². The van der Waals surface area contributed by atoms with Crippen molar-refractivity contribution in [2.45, 2.75) is 19.0 Å². The van der Waals surface area contributed by atoms with Gasteiger partial charge in [0.2, 0.25) is 0 Å². The SMILES string of the molecule is O=CC(Cc1ccccc1)NC(=O)c1cc(C(=O)NCc2cccc3ccccc23)ccn1. The zero-order valence-corrected chi connectivity index (χ0v) is 17.9. The highest BCUT2D eigenvalue weighted by atomic mass is 16.2. The minimum atomic E-state index is -0.689. The molecule has 0 aliphatic carbocycles.